The van der Waals surface area contributed by atoms with E-state index in [-0.39, 0.29) is 6.79 Å². The van der Waals surface area contributed by atoms with E-state index in [1.54, 1.807) is 0 Å². The molecule has 0 radical (unpaired) electrons. The van der Waals surface area contributed by atoms with Gasteiger partial charge in [-0.3, -0.25) is 0 Å². The van der Waals surface area contributed by atoms with Gasteiger partial charge in [-0.05, 0) is 24.7 Å². The second-order valence-electron chi connectivity index (χ2n) is 4.90. The summed E-state index contributed by atoms with van der Waals surface area (Å²) >= 11 is 0. The molecule has 4 nitrogen and oxygen atoms in total. The normalized spacial score (nSPS) is 14.0. The Labute approximate surface area is 124 Å². The minimum Gasteiger partial charge on any atom is -0.493 e. The van der Waals surface area contributed by atoms with Gasteiger partial charge < -0.3 is 19.5 Å². The average molecular weight is 285 g/mol. The standard InChI is InChI=1S/C17H19NO3/c1-18-15(13-5-3-2-4-6-13)9-10-19-14-7-8-16-17(11-14)21-12-20-16/h2-8,11,15,18H,9-10,12H2,1H3. The van der Waals surface area contributed by atoms with Crippen LogP contribution in [0.5, 0.6) is 17.2 Å². The number of hydrogen-bond donors (Lipinski definition) is 1. The lowest BCUT2D eigenvalue weighted by Gasteiger charge is -2.17. The first-order valence-electron chi connectivity index (χ1n) is 7.11. The van der Waals surface area contributed by atoms with Crippen LogP contribution in [0.1, 0.15) is 18.0 Å². The molecule has 0 bridgehead atoms. The van der Waals surface area contributed by atoms with Gasteiger partial charge in [0.15, 0.2) is 11.5 Å². The molecule has 110 valence electrons. The predicted octanol–water partition coefficient (Wildman–Crippen LogP) is 3.14. The van der Waals surface area contributed by atoms with Gasteiger partial charge in [-0.25, -0.2) is 0 Å². The topological polar surface area (TPSA) is 39.7 Å². The van der Waals surface area contributed by atoms with E-state index >= 15 is 0 Å². The van der Waals surface area contributed by atoms with Gasteiger partial charge in [-0.15, -0.1) is 0 Å². The molecule has 1 heterocycles. The molecular formula is C17H19NO3. The van der Waals surface area contributed by atoms with Crippen LogP contribution in [0.15, 0.2) is 48.5 Å². The molecular weight excluding hydrogens is 266 g/mol. The Morgan fingerprint density at radius 2 is 1.90 bits per heavy atom. The Bertz CT molecular complexity index is 586. The van der Waals surface area contributed by atoms with Crippen LogP contribution in [0.3, 0.4) is 0 Å². The van der Waals surface area contributed by atoms with Crippen molar-refractivity contribution in [1.29, 1.82) is 0 Å². The maximum Gasteiger partial charge on any atom is 0.231 e. The number of hydrogen-bond acceptors (Lipinski definition) is 4. The van der Waals surface area contributed by atoms with Gasteiger partial charge >= 0.3 is 0 Å². The Morgan fingerprint density at radius 3 is 2.71 bits per heavy atom. The Hall–Kier alpha value is -2.20. The van der Waals surface area contributed by atoms with E-state index in [0.29, 0.717) is 12.6 Å². The largest absolute Gasteiger partial charge is 0.493 e. The minimum atomic E-state index is 0.286. The van der Waals surface area contributed by atoms with E-state index in [4.69, 9.17) is 14.2 Å². The number of ether oxygens (including phenoxy) is 3. The summed E-state index contributed by atoms with van der Waals surface area (Å²) in [6.45, 7) is 0.925. The molecule has 0 saturated carbocycles. The van der Waals surface area contributed by atoms with Crippen LogP contribution in [0.2, 0.25) is 0 Å². The third-order valence-electron chi connectivity index (χ3n) is 3.57. The molecule has 0 aromatic heterocycles. The van der Waals surface area contributed by atoms with Crippen LogP contribution in [0.4, 0.5) is 0 Å². The molecule has 0 aliphatic carbocycles. The zero-order valence-corrected chi connectivity index (χ0v) is 12.0. The van der Waals surface area contributed by atoms with Crippen molar-refractivity contribution < 1.29 is 14.2 Å². The fourth-order valence-electron chi connectivity index (χ4n) is 2.42. The Balaban J connectivity index is 1.55. The van der Waals surface area contributed by atoms with Crippen molar-refractivity contribution in [3.05, 3.63) is 54.1 Å². The molecule has 21 heavy (non-hydrogen) atoms. The molecule has 3 rings (SSSR count). The van der Waals surface area contributed by atoms with E-state index in [1.807, 2.05) is 31.3 Å². The first-order chi connectivity index (χ1) is 10.4. The van der Waals surface area contributed by atoms with E-state index in [2.05, 4.69) is 29.6 Å². The van der Waals surface area contributed by atoms with Crippen LogP contribution in [-0.2, 0) is 0 Å². The monoisotopic (exact) mass is 285 g/mol. The maximum absolute atomic E-state index is 5.81. The zero-order chi connectivity index (χ0) is 14.5. The van der Waals surface area contributed by atoms with Crippen LogP contribution < -0.4 is 19.5 Å². The number of fused-ring (bicyclic) bond motifs is 1. The molecule has 2 aromatic rings. The molecule has 1 aliphatic rings. The van der Waals surface area contributed by atoms with Gasteiger partial charge in [-0.1, -0.05) is 30.3 Å². The highest BCUT2D eigenvalue weighted by molar-refractivity contribution is 5.46. The van der Waals surface area contributed by atoms with Crippen LogP contribution >= 0.6 is 0 Å². The van der Waals surface area contributed by atoms with E-state index in [9.17, 15) is 0 Å². The van der Waals surface area contributed by atoms with Crippen molar-refractivity contribution in [2.75, 3.05) is 20.4 Å². The van der Waals surface area contributed by atoms with Gasteiger partial charge in [0.2, 0.25) is 6.79 Å². The van der Waals surface area contributed by atoms with Gasteiger partial charge in [0.05, 0.1) is 6.61 Å². The van der Waals surface area contributed by atoms with Crippen molar-refractivity contribution in [3.8, 4) is 17.2 Å². The van der Waals surface area contributed by atoms with Crippen molar-refractivity contribution >= 4 is 0 Å². The first-order valence-corrected chi connectivity index (χ1v) is 7.11. The van der Waals surface area contributed by atoms with Crippen molar-refractivity contribution in [2.45, 2.75) is 12.5 Å². The van der Waals surface area contributed by atoms with Crippen LogP contribution in [0, 0.1) is 0 Å². The van der Waals surface area contributed by atoms with Crippen molar-refractivity contribution in [3.63, 3.8) is 0 Å². The summed E-state index contributed by atoms with van der Waals surface area (Å²) in [6.07, 6.45) is 0.898. The summed E-state index contributed by atoms with van der Waals surface area (Å²) in [5.41, 5.74) is 1.27. The Kier molecular flexibility index (Phi) is 4.26. The summed E-state index contributed by atoms with van der Waals surface area (Å²) < 4.78 is 16.4. The molecule has 0 saturated heterocycles. The molecule has 0 spiro atoms. The average Bonchev–Trinajstić information content (AvgIpc) is 3.00. The molecule has 0 fully saturated rings. The third-order valence-corrected chi connectivity index (χ3v) is 3.57. The summed E-state index contributed by atoms with van der Waals surface area (Å²) in [7, 11) is 1.97. The highest BCUT2D eigenvalue weighted by Crippen LogP contribution is 2.35. The zero-order valence-electron chi connectivity index (χ0n) is 12.0. The third kappa shape index (κ3) is 3.28. The molecule has 0 amide bonds. The highest BCUT2D eigenvalue weighted by atomic mass is 16.7. The molecule has 1 atom stereocenters. The minimum absolute atomic E-state index is 0.286. The van der Waals surface area contributed by atoms with Crippen LogP contribution in [0.25, 0.3) is 0 Å². The van der Waals surface area contributed by atoms with Gasteiger partial charge in [0.25, 0.3) is 0 Å². The molecule has 1 unspecified atom stereocenters. The summed E-state index contributed by atoms with van der Waals surface area (Å²) in [4.78, 5) is 0. The smallest absolute Gasteiger partial charge is 0.231 e. The molecule has 1 aliphatic heterocycles. The van der Waals surface area contributed by atoms with E-state index in [1.165, 1.54) is 5.56 Å². The fraction of sp³-hybridized carbons (Fsp3) is 0.294. The number of nitrogens with one attached hydrogen (secondary N) is 1. The molecule has 4 heteroatoms. The molecule has 1 N–H and O–H groups in total. The summed E-state index contributed by atoms with van der Waals surface area (Å²) in [5, 5.41) is 3.32. The summed E-state index contributed by atoms with van der Waals surface area (Å²) in [6, 6.07) is 16.3. The van der Waals surface area contributed by atoms with Gasteiger partial charge in [0.1, 0.15) is 5.75 Å². The van der Waals surface area contributed by atoms with E-state index in [0.717, 1.165) is 23.7 Å². The lowest BCUT2D eigenvalue weighted by atomic mass is 10.0. The van der Waals surface area contributed by atoms with Crippen molar-refractivity contribution in [2.24, 2.45) is 0 Å². The maximum atomic E-state index is 5.81. The second kappa shape index (κ2) is 6.50. The number of benzene rings is 2. The predicted molar refractivity (Wildman–Crippen MR) is 80.9 cm³/mol. The number of rotatable bonds is 6. The van der Waals surface area contributed by atoms with Gasteiger partial charge in [-0.2, -0.15) is 0 Å². The quantitative estimate of drug-likeness (QED) is 0.885. The lowest BCUT2D eigenvalue weighted by molar-refractivity contribution is 0.173. The highest BCUT2D eigenvalue weighted by Gasteiger charge is 2.14. The fourth-order valence-corrected chi connectivity index (χ4v) is 2.42. The van der Waals surface area contributed by atoms with Crippen molar-refractivity contribution in [1.82, 2.24) is 5.32 Å². The lowest BCUT2D eigenvalue weighted by Crippen LogP contribution is -2.18. The SMILES string of the molecule is CNC(CCOc1ccc2c(c1)OCO2)c1ccccc1. The first kappa shape index (κ1) is 13.8. The summed E-state index contributed by atoms with van der Waals surface area (Å²) in [5.74, 6) is 2.34. The van der Waals surface area contributed by atoms with Gasteiger partial charge in [0, 0.05) is 18.5 Å². The molecule has 2 aromatic carbocycles. The Morgan fingerprint density at radius 1 is 1.10 bits per heavy atom. The van der Waals surface area contributed by atoms with Crippen LogP contribution in [-0.4, -0.2) is 20.4 Å². The van der Waals surface area contributed by atoms with E-state index < -0.39 is 0 Å². The second-order valence-corrected chi connectivity index (χ2v) is 4.90.